The fourth-order valence-electron chi connectivity index (χ4n) is 5.00. The number of imide groups is 1. The van der Waals surface area contributed by atoms with Gasteiger partial charge in [0.05, 0.1) is 0 Å². The highest BCUT2D eigenvalue weighted by Crippen LogP contribution is 2.36. The third-order valence-electron chi connectivity index (χ3n) is 7.41. The lowest BCUT2D eigenvalue weighted by Gasteiger charge is -2.35. The topological polar surface area (TPSA) is 90.0 Å². The molecule has 5 amide bonds. The van der Waals surface area contributed by atoms with Gasteiger partial charge in [0.1, 0.15) is 12.1 Å². The van der Waals surface area contributed by atoms with Crippen molar-refractivity contribution in [3.05, 3.63) is 35.4 Å². The predicted octanol–water partition coefficient (Wildman–Crippen LogP) is 2.60. The van der Waals surface area contributed by atoms with Crippen molar-refractivity contribution in [3.8, 4) is 0 Å². The zero-order valence-electron chi connectivity index (χ0n) is 19.8. The highest BCUT2D eigenvalue weighted by atomic mass is 16.2. The van der Waals surface area contributed by atoms with E-state index >= 15 is 0 Å². The van der Waals surface area contributed by atoms with E-state index in [9.17, 15) is 19.2 Å². The van der Waals surface area contributed by atoms with Crippen LogP contribution in [0.3, 0.4) is 0 Å². The monoisotopic (exact) mass is 454 g/mol. The highest BCUT2D eigenvalue weighted by molar-refractivity contribution is 6.09. The summed E-state index contributed by atoms with van der Waals surface area (Å²) < 4.78 is 0. The van der Waals surface area contributed by atoms with Gasteiger partial charge in [-0.05, 0) is 55.2 Å². The summed E-state index contributed by atoms with van der Waals surface area (Å²) in [6.45, 7) is 7.77. The van der Waals surface area contributed by atoms with Crippen LogP contribution in [0.4, 0.5) is 4.79 Å². The van der Waals surface area contributed by atoms with Gasteiger partial charge >= 0.3 is 6.03 Å². The Morgan fingerprint density at radius 2 is 1.58 bits per heavy atom. The summed E-state index contributed by atoms with van der Waals surface area (Å²) in [6.07, 6.45) is 3.04. The minimum Gasteiger partial charge on any atom is -0.338 e. The lowest BCUT2D eigenvalue weighted by molar-refractivity contribution is -0.140. The molecule has 2 heterocycles. The number of urea groups is 1. The normalized spacial score (nSPS) is 25.7. The van der Waals surface area contributed by atoms with Crippen LogP contribution in [0.25, 0.3) is 0 Å². The van der Waals surface area contributed by atoms with E-state index in [1.54, 1.807) is 9.80 Å². The van der Waals surface area contributed by atoms with E-state index in [-0.39, 0.29) is 24.3 Å². The highest BCUT2D eigenvalue weighted by Gasteiger charge is 2.52. The van der Waals surface area contributed by atoms with Crippen LogP contribution in [0.2, 0.25) is 0 Å². The Morgan fingerprint density at radius 3 is 2.15 bits per heavy atom. The molecule has 8 heteroatoms. The van der Waals surface area contributed by atoms with Crippen LogP contribution < -0.4 is 5.32 Å². The molecule has 1 saturated carbocycles. The van der Waals surface area contributed by atoms with Crippen molar-refractivity contribution in [1.29, 1.82) is 0 Å². The average Bonchev–Trinajstić information content (AvgIpc) is 3.04. The number of carbonyl (C=O) groups is 4. The molecule has 8 nitrogen and oxygen atoms in total. The third-order valence-corrected chi connectivity index (χ3v) is 7.41. The average molecular weight is 455 g/mol. The minimum absolute atomic E-state index is 0.0417. The van der Waals surface area contributed by atoms with Crippen molar-refractivity contribution in [2.45, 2.75) is 57.9 Å². The molecule has 1 aliphatic carbocycles. The molecular formula is C25H34N4O4. The molecule has 33 heavy (non-hydrogen) atoms. The summed E-state index contributed by atoms with van der Waals surface area (Å²) in [5, 5.41) is 2.86. The first-order valence-electron chi connectivity index (χ1n) is 12.0. The van der Waals surface area contributed by atoms with Crippen LogP contribution in [-0.4, -0.2) is 76.7 Å². The van der Waals surface area contributed by atoms with Crippen LogP contribution in [0.15, 0.2) is 24.3 Å². The van der Waals surface area contributed by atoms with E-state index in [0.717, 1.165) is 17.7 Å². The molecule has 2 saturated heterocycles. The second-order valence-electron chi connectivity index (χ2n) is 10.0. The van der Waals surface area contributed by atoms with Gasteiger partial charge < -0.3 is 15.1 Å². The molecule has 0 atom stereocenters. The lowest BCUT2D eigenvalue weighted by Crippen LogP contribution is -2.53. The van der Waals surface area contributed by atoms with Gasteiger partial charge in [-0.2, -0.15) is 0 Å². The first-order chi connectivity index (χ1) is 15.7. The third kappa shape index (κ3) is 4.61. The van der Waals surface area contributed by atoms with Gasteiger partial charge in [0.15, 0.2) is 0 Å². The van der Waals surface area contributed by atoms with Crippen molar-refractivity contribution in [1.82, 2.24) is 20.0 Å². The number of nitrogens with one attached hydrogen (secondary N) is 1. The van der Waals surface area contributed by atoms with Gasteiger partial charge in [-0.15, -0.1) is 0 Å². The number of carbonyl (C=O) groups excluding carboxylic acids is 4. The van der Waals surface area contributed by atoms with Gasteiger partial charge in [-0.1, -0.05) is 32.9 Å². The first-order valence-corrected chi connectivity index (χ1v) is 12.0. The van der Waals surface area contributed by atoms with Gasteiger partial charge in [0.25, 0.3) is 11.8 Å². The maximum absolute atomic E-state index is 13.0. The fraction of sp³-hybridized carbons (Fsp3) is 0.600. The molecule has 0 unspecified atom stereocenters. The molecule has 1 aromatic rings. The quantitative estimate of drug-likeness (QED) is 0.708. The largest absolute Gasteiger partial charge is 0.338 e. The molecular weight excluding hydrogens is 420 g/mol. The molecule has 3 aliphatic rings. The second kappa shape index (κ2) is 9.15. The Hall–Kier alpha value is -2.90. The SMILES string of the molecule is CC1CCC2(CC1)NC(=O)N(CC(=O)N1CCN(C(=O)c3ccc(C(C)C)cc3)CC1)C2=O. The second-order valence-corrected chi connectivity index (χ2v) is 10.0. The number of hydrogen-bond donors (Lipinski definition) is 1. The van der Waals surface area contributed by atoms with Crippen LogP contribution in [-0.2, 0) is 9.59 Å². The number of piperazine rings is 1. The van der Waals surface area contributed by atoms with Crippen LogP contribution in [0, 0.1) is 5.92 Å². The van der Waals surface area contributed by atoms with Gasteiger partial charge in [-0.25, -0.2) is 4.79 Å². The fourth-order valence-corrected chi connectivity index (χ4v) is 5.00. The Labute approximate surface area is 195 Å². The summed E-state index contributed by atoms with van der Waals surface area (Å²) in [6, 6.07) is 7.20. The van der Waals surface area contributed by atoms with Crippen molar-refractivity contribution in [2.24, 2.45) is 5.92 Å². The summed E-state index contributed by atoms with van der Waals surface area (Å²) >= 11 is 0. The van der Waals surface area contributed by atoms with E-state index in [1.165, 1.54) is 5.56 Å². The Morgan fingerprint density at radius 1 is 1.00 bits per heavy atom. The van der Waals surface area contributed by atoms with Crippen molar-refractivity contribution in [3.63, 3.8) is 0 Å². The minimum atomic E-state index is -0.833. The molecule has 178 valence electrons. The maximum atomic E-state index is 13.0. The molecule has 3 fully saturated rings. The molecule has 1 aromatic carbocycles. The number of benzene rings is 1. The van der Waals surface area contributed by atoms with Crippen molar-refractivity contribution < 1.29 is 19.2 Å². The summed E-state index contributed by atoms with van der Waals surface area (Å²) in [5.74, 6) is 0.382. The van der Waals surface area contributed by atoms with E-state index in [4.69, 9.17) is 0 Å². The summed E-state index contributed by atoms with van der Waals surface area (Å²) in [5.41, 5.74) is 0.998. The van der Waals surface area contributed by atoms with Crippen LogP contribution in [0.1, 0.15) is 68.3 Å². The summed E-state index contributed by atoms with van der Waals surface area (Å²) in [7, 11) is 0. The Balaban J connectivity index is 1.31. The van der Waals surface area contributed by atoms with Gasteiger partial charge in [0, 0.05) is 31.7 Å². The number of nitrogens with zero attached hydrogens (tertiary/aromatic N) is 3. The zero-order valence-corrected chi connectivity index (χ0v) is 19.8. The molecule has 1 spiro atoms. The molecule has 0 radical (unpaired) electrons. The Kier molecular flexibility index (Phi) is 6.45. The number of rotatable bonds is 4. The summed E-state index contributed by atoms with van der Waals surface area (Å²) in [4.78, 5) is 55.7. The van der Waals surface area contributed by atoms with E-state index < -0.39 is 11.6 Å². The molecule has 0 aromatic heterocycles. The predicted molar refractivity (Wildman–Crippen MR) is 124 cm³/mol. The molecule has 1 N–H and O–H groups in total. The van der Waals surface area contributed by atoms with E-state index in [0.29, 0.717) is 56.4 Å². The maximum Gasteiger partial charge on any atom is 0.325 e. The molecule has 2 aliphatic heterocycles. The number of hydrogen-bond acceptors (Lipinski definition) is 4. The van der Waals surface area contributed by atoms with Gasteiger partial charge in [-0.3, -0.25) is 19.3 Å². The smallest absolute Gasteiger partial charge is 0.325 e. The zero-order chi connectivity index (χ0) is 23.8. The standard InChI is InChI=1S/C25H34N4O4/c1-17(2)19-4-6-20(7-5-19)22(31)28-14-12-27(13-15-28)21(30)16-29-23(32)25(26-24(29)33)10-8-18(3)9-11-25/h4-7,17-18H,8-16H2,1-3H3,(H,26,33). The number of amides is 5. The van der Waals surface area contributed by atoms with Crippen molar-refractivity contribution in [2.75, 3.05) is 32.7 Å². The lowest BCUT2D eigenvalue weighted by atomic mass is 9.77. The van der Waals surface area contributed by atoms with Gasteiger partial charge in [0.2, 0.25) is 5.91 Å². The van der Waals surface area contributed by atoms with E-state index in [2.05, 4.69) is 26.1 Å². The first kappa shape index (κ1) is 23.3. The molecule has 0 bridgehead atoms. The van der Waals surface area contributed by atoms with Crippen LogP contribution in [0.5, 0.6) is 0 Å². The van der Waals surface area contributed by atoms with Crippen molar-refractivity contribution >= 4 is 23.8 Å². The van der Waals surface area contributed by atoms with Crippen LogP contribution >= 0.6 is 0 Å². The Bertz CT molecular complexity index is 926. The molecule has 4 rings (SSSR count). The van der Waals surface area contributed by atoms with E-state index in [1.807, 2.05) is 24.3 Å².